The standard InChI is InChI=1S/C13H18FN5/c1-18(2)13(7-14)4-6-19(8-13)12-10-3-5-15-11(10)16-9-17-12/h3,5,9H,4,6-8H2,1-2H3,(H,15,16,17). The summed E-state index contributed by atoms with van der Waals surface area (Å²) in [4.78, 5) is 15.8. The normalized spacial score (nSPS) is 23.7. The number of anilines is 1. The van der Waals surface area contributed by atoms with Gasteiger partial charge in [-0.05, 0) is 26.6 Å². The first-order chi connectivity index (χ1) is 9.16. The fraction of sp³-hybridized carbons (Fsp3) is 0.538. The van der Waals surface area contributed by atoms with Crippen molar-refractivity contribution in [2.24, 2.45) is 0 Å². The van der Waals surface area contributed by atoms with Crippen molar-refractivity contribution in [3.63, 3.8) is 0 Å². The Hall–Kier alpha value is -1.69. The summed E-state index contributed by atoms with van der Waals surface area (Å²) >= 11 is 0. The Labute approximate surface area is 111 Å². The molecule has 19 heavy (non-hydrogen) atoms. The highest BCUT2D eigenvalue weighted by Gasteiger charge is 2.41. The molecule has 5 nitrogen and oxygen atoms in total. The molecular weight excluding hydrogens is 245 g/mol. The molecule has 0 saturated carbocycles. The summed E-state index contributed by atoms with van der Waals surface area (Å²) in [5.74, 6) is 0.892. The molecule has 3 rings (SSSR count). The molecule has 102 valence electrons. The molecule has 1 unspecified atom stereocenters. The minimum absolute atomic E-state index is 0.335. The van der Waals surface area contributed by atoms with Gasteiger partial charge < -0.3 is 9.88 Å². The van der Waals surface area contributed by atoms with Gasteiger partial charge in [-0.25, -0.2) is 14.4 Å². The van der Waals surface area contributed by atoms with E-state index in [2.05, 4.69) is 19.9 Å². The fourth-order valence-electron chi connectivity index (χ4n) is 2.74. The van der Waals surface area contributed by atoms with Gasteiger partial charge in [0.2, 0.25) is 0 Å². The number of aromatic amines is 1. The smallest absolute Gasteiger partial charge is 0.142 e. The number of fused-ring (bicyclic) bond motifs is 1. The Balaban J connectivity index is 1.95. The van der Waals surface area contributed by atoms with Crippen LogP contribution in [0.3, 0.4) is 0 Å². The Kier molecular flexibility index (Phi) is 2.89. The fourth-order valence-corrected chi connectivity index (χ4v) is 2.74. The number of likely N-dealkylation sites (N-methyl/N-ethyl adjacent to an activating group) is 1. The highest BCUT2D eigenvalue weighted by Crippen LogP contribution is 2.32. The quantitative estimate of drug-likeness (QED) is 0.910. The zero-order valence-corrected chi connectivity index (χ0v) is 11.2. The van der Waals surface area contributed by atoms with Crippen molar-refractivity contribution in [3.05, 3.63) is 18.6 Å². The van der Waals surface area contributed by atoms with Crippen LogP contribution in [0, 0.1) is 0 Å². The maximum atomic E-state index is 13.4. The summed E-state index contributed by atoms with van der Waals surface area (Å²) < 4.78 is 13.4. The van der Waals surface area contributed by atoms with E-state index in [0.29, 0.717) is 6.54 Å². The SMILES string of the molecule is CN(C)C1(CF)CCN(c2ncnc3[nH]ccc23)C1. The van der Waals surface area contributed by atoms with Crippen LogP contribution in [0.1, 0.15) is 6.42 Å². The monoisotopic (exact) mass is 263 g/mol. The van der Waals surface area contributed by atoms with Crippen LogP contribution in [0.4, 0.5) is 10.2 Å². The Morgan fingerprint density at radius 2 is 2.32 bits per heavy atom. The molecule has 0 spiro atoms. The number of halogens is 1. The molecule has 2 aromatic heterocycles. The number of aromatic nitrogens is 3. The van der Waals surface area contributed by atoms with Gasteiger partial charge >= 0.3 is 0 Å². The van der Waals surface area contributed by atoms with Gasteiger partial charge in [0.15, 0.2) is 0 Å². The van der Waals surface area contributed by atoms with Crippen LogP contribution < -0.4 is 4.90 Å². The Morgan fingerprint density at radius 3 is 3.00 bits per heavy atom. The van der Waals surface area contributed by atoms with E-state index in [0.717, 1.165) is 29.8 Å². The predicted molar refractivity (Wildman–Crippen MR) is 73.1 cm³/mol. The third-order valence-corrected chi connectivity index (χ3v) is 4.16. The van der Waals surface area contributed by atoms with E-state index in [1.54, 1.807) is 6.33 Å². The van der Waals surface area contributed by atoms with Crippen LogP contribution in [0.2, 0.25) is 0 Å². The van der Waals surface area contributed by atoms with Crippen molar-refractivity contribution in [1.29, 1.82) is 0 Å². The van der Waals surface area contributed by atoms with Crippen molar-refractivity contribution in [1.82, 2.24) is 19.9 Å². The summed E-state index contributed by atoms with van der Waals surface area (Å²) in [5, 5.41) is 0.996. The van der Waals surface area contributed by atoms with Crippen molar-refractivity contribution >= 4 is 16.9 Å². The first kappa shape index (κ1) is 12.3. The summed E-state index contributed by atoms with van der Waals surface area (Å²) in [6, 6.07) is 1.97. The van der Waals surface area contributed by atoms with Gasteiger partial charge in [0.1, 0.15) is 24.5 Å². The van der Waals surface area contributed by atoms with Crippen molar-refractivity contribution in [2.75, 3.05) is 38.8 Å². The molecule has 1 aliphatic heterocycles. The molecule has 6 heteroatoms. The Bertz CT molecular complexity index is 581. The molecule has 1 aliphatic rings. The van der Waals surface area contributed by atoms with Crippen LogP contribution in [0.15, 0.2) is 18.6 Å². The van der Waals surface area contributed by atoms with Gasteiger partial charge in [-0.3, -0.25) is 4.90 Å². The highest BCUT2D eigenvalue weighted by atomic mass is 19.1. The number of nitrogens with one attached hydrogen (secondary N) is 1. The second kappa shape index (κ2) is 4.45. The van der Waals surface area contributed by atoms with Crippen molar-refractivity contribution in [2.45, 2.75) is 12.0 Å². The lowest BCUT2D eigenvalue weighted by Gasteiger charge is -2.33. The predicted octanol–water partition coefficient (Wildman–Crippen LogP) is 1.44. The van der Waals surface area contributed by atoms with E-state index in [1.807, 2.05) is 31.3 Å². The summed E-state index contributed by atoms with van der Waals surface area (Å²) in [7, 11) is 3.88. The van der Waals surface area contributed by atoms with E-state index in [-0.39, 0.29) is 6.67 Å². The molecular formula is C13H18FN5. The molecule has 0 aromatic carbocycles. The first-order valence-electron chi connectivity index (χ1n) is 6.43. The van der Waals surface area contributed by atoms with Crippen LogP contribution >= 0.6 is 0 Å². The highest BCUT2D eigenvalue weighted by molar-refractivity contribution is 5.87. The molecule has 0 amide bonds. The molecule has 0 radical (unpaired) electrons. The van der Waals surface area contributed by atoms with E-state index in [1.165, 1.54) is 0 Å². The summed E-state index contributed by atoms with van der Waals surface area (Å²) in [5.41, 5.74) is 0.431. The number of H-pyrrole nitrogens is 1. The maximum absolute atomic E-state index is 13.4. The topological polar surface area (TPSA) is 48.1 Å². The van der Waals surface area contributed by atoms with Crippen LogP contribution in [-0.4, -0.2) is 59.3 Å². The molecule has 1 fully saturated rings. The van der Waals surface area contributed by atoms with Gasteiger partial charge in [-0.2, -0.15) is 0 Å². The Morgan fingerprint density at radius 1 is 1.47 bits per heavy atom. The number of alkyl halides is 1. The van der Waals surface area contributed by atoms with Gasteiger partial charge in [0.25, 0.3) is 0 Å². The minimum Gasteiger partial charge on any atom is -0.354 e. The second-order valence-corrected chi connectivity index (χ2v) is 5.36. The van der Waals surface area contributed by atoms with Crippen LogP contribution in [0.5, 0.6) is 0 Å². The molecule has 2 aromatic rings. The van der Waals surface area contributed by atoms with E-state index < -0.39 is 5.54 Å². The van der Waals surface area contributed by atoms with Crippen LogP contribution in [0.25, 0.3) is 11.0 Å². The number of nitrogens with zero attached hydrogens (tertiary/aromatic N) is 4. The summed E-state index contributed by atoms with van der Waals surface area (Å²) in [6.45, 7) is 1.14. The van der Waals surface area contributed by atoms with Crippen molar-refractivity contribution < 1.29 is 4.39 Å². The zero-order chi connectivity index (χ0) is 13.5. The molecule has 3 heterocycles. The third-order valence-electron chi connectivity index (χ3n) is 4.16. The number of rotatable bonds is 3. The molecule has 0 bridgehead atoms. The zero-order valence-electron chi connectivity index (χ0n) is 11.2. The first-order valence-corrected chi connectivity index (χ1v) is 6.43. The molecule has 1 N–H and O–H groups in total. The number of hydrogen-bond donors (Lipinski definition) is 1. The third kappa shape index (κ3) is 1.87. The van der Waals surface area contributed by atoms with E-state index >= 15 is 0 Å². The van der Waals surface area contributed by atoms with Gasteiger partial charge in [0.05, 0.1) is 10.9 Å². The van der Waals surface area contributed by atoms with Crippen LogP contribution in [-0.2, 0) is 0 Å². The van der Waals surface area contributed by atoms with Gasteiger partial charge in [-0.15, -0.1) is 0 Å². The summed E-state index contributed by atoms with van der Waals surface area (Å²) in [6.07, 6.45) is 4.22. The van der Waals surface area contributed by atoms with E-state index in [9.17, 15) is 4.39 Å². The van der Waals surface area contributed by atoms with Gasteiger partial charge in [0, 0.05) is 19.3 Å². The average molecular weight is 263 g/mol. The average Bonchev–Trinajstić information content (AvgIpc) is 3.05. The molecule has 1 atom stereocenters. The molecule has 0 aliphatic carbocycles. The van der Waals surface area contributed by atoms with Gasteiger partial charge in [-0.1, -0.05) is 0 Å². The largest absolute Gasteiger partial charge is 0.354 e. The lowest BCUT2D eigenvalue weighted by Crippen LogP contribution is -2.48. The second-order valence-electron chi connectivity index (χ2n) is 5.36. The van der Waals surface area contributed by atoms with Crippen molar-refractivity contribution in [3.8, 4) is 0 Å². The maximum Gasteiger partial charge on any atom is 0.142 e. The lowest BCUT2D eigenvalue weighted by molar-refractivity contribution is 0.135. The molecule has 1 saturated heterocycles. The number of hydrogen-bond acceptors (Lipinski definition) is 4. The van der Waals surface area contributed by atoms with E-state index in [4.69, 9.17) is 0 Å². The lowest BCUT2D eigenvalue weighted by atomic mass is 9.99. The minimum atomic E-state index is -0.395.